The van der Waals surface area contributed by atoms with Crippen LogP contribution in [0.3, 0.4) is 0 Å². The molecule has 8 rings (SSSR count). The minimum absolute atomic E-state index is 0.115. The third kappa shape index (κ3) is 8.54. The molecule has 314 valence electrons. The lowest BCUT2D eigenvalue weighted by atomic mass is 10.0. The summed E-state index contributed by atoms with van der Waals surface area (Å²) in [7, 11) is 2.57. The number of methoxy groups -OCH3 is 2. The molecule has 2 saturated heterocycles. The molecule has 6 aromatic rings. The molecule has 0 saturated carbocycles. The second-order valence-corrected chi connectivity index (χ2v) is 15.8. The van der Waals surface area contributed by atoms with Gasteiger partial charge in [-0.15, -0.1) is 0 Å². The van der Waals surface area contributed by atoms with Crippen LogP contribution in [0.1, 0.15) is 74.9 Å². The summed E-state index contributed by atoms with van der Waals surface area (Å²) in [4.78, 5) is 76.5. The van der Waals surface area contributed by atoms with Crippen molar-refractivity contribution in [2.24, 2.45) is 5.92 Å². The number of benzene rings is 3. The van der Waals surface area contributed by atoms with Crippen LogP contribution in [0.4, 0.5) is 9.59 Å². The highest BCUT2D eigenvalue weighted by Gasteiger charge is 2.39. The second kappa shape index (κ2) is 17.7. The Bertz CT molecular complexity index is 2540. The largest absolute Gasteiger partial charge is 0.453 e. The molecule has 3 aromatic heterocycles. The van der Waals surface area contributed by atoms with E-state index < -0.39 is 24.3 Å². The molecule has 3 aromatic carbocycles. The molecule has 5 heterocycles. The number of nitrogens with zero attached hydrogens (tertiary/aromatic N) is 5. The molecule has 0 aliphatic carbocycles. The second-order valence-electron chi connectivity index (χ2n) is 15.8. The summed E-state index contributed by atoms with van der Waals surface area (Å²) in [6.07, 6.45) is 7.31. The molecule has 0 bridgehead atoms. The minimum Gasteiger partial charge on any atom is -0.453 e. The molecule has 61 heavy (non-hydrogen) atoms. The van der Waals surface area contributed by atoms with Crippen molar-refractivity contribution in [1.82, 2.24) is 45.4 Å². The number of alkyl carbamates (subject to hydrolysis) is 2. The van der Waals surface area contributed by atoms with Crippen molar-refractivity contribution in [2.45, 2.75) is 63.7 Å². The van der Waals surface area contributed by atoms with Crippen molar-refractivity contribution in [2.75, 3.05) is 27.3 Å². The van der Waals surface area contributed by atoms with Gasteiger partial charge in [-0.1, -0.05) is 68.4 Å². The van der Waals surface area contributed by atoms with Crippen molar-refractivity contribution >= 4 is 34.8 Å². The van der Waals surface area contributed by atoms with E-state index in [9.17, 15) is 19.2 Å². The zero-order chi connectivity index (χ0) is 42.6. The van der Waals surface area contributed by atoms with Crippen LogP contribution in [0.15, 0.2) is 97.5 Å². The lowest BCUT2D eigenvalue weighted by molar-refractivity contribution is -0.135. The fourth-order valence-corrected chi connectivity index (χ4v) is 8.38. The number of imidazole rings is 2. The lowest BCUT2D eigenvalue weighted by Gasteiger charge is -2.30. The first-order valence-corrected chi connectivity index (χ1v) is 20.6. The van der Waals surface area contributed by atoms with E-state index in [-0.39, 0.29) is 29.8 Å². The molecule has 2 fully saturated rings. The first-order chi connectivity index (χ1) is 29.6. The van der Waals surface area contributed by atoms with Crippen LogP contribution in [-0.4, -0.2) is 92.1 Å². The predicted molar refractivity (Wildman–Crippen MR) is 229 cm³/mol. The number of carbonyl (C=O) groups is 4. The Morgan fingerprint density at radius 2 is 1.33 bits per heavy atom. The number of aromatic nitrogens is 5. The standard InChI is InChI=1S/C46H49N9O6/c1-27(2)39(52-45(58)60-3)43(56)54-20-8-12-37(54)42-49-26-36(51-42)33-18-19-34(47-24-33)31-16-14-30-23-32(17-15-29(30)22-31)35-25-48-41(50-35)38-13-9-21-55(38)44(57)40(53-46(59)61-4)28-10-6-5-7-11-28/h5-7,10-11,14-19,22-27,37-40H,8-9,12-13,20-21H2,1-4H3,(H,48,50)(H,49,51)(H,52,58)(H,53,59)/t37-,38-,39-,40+/m0/s1. The maximum absolute atomic E-state index is 13.9. The van der Waals surface area contributed by atoms with E-state index in [4.69, 9.17) is 19.4 Å². The fraction of sp³-hybridized carbons (Fsp3) is 0.326. The number of nitrogens with one attached hydrogen (secondary N) is 4. The average molecular weight is 824 g/mol. The summed E-state index contributed by atoms with van der Waals surface area (Å²) in [5.74, 6) is 0.910. The Morgan fingerprint density at radius 1 is 0.705 bits per heavy atom. The number of carbonyl (C=O) groups excluding carboxylic acids is 4. The highest BCUT2D eigenvalue weighted by molar-refractivity contribution is 5.91. The van der Waals surface area contributed by atoms with Gasteiger partial charge in [0.1, 0.15) is 23.7 Å². The molecule has 4 amide bonds. The Hall–Kier alpha value is -7.03. The summed E-state index contributed by atoms with van der Waals surface area (Å²) < 4.78 is 9.59. The van der Waals surface area contributed by atoms with Gasteiger partial charge in [0.05, 0.1) is 49.6 Å². The molecule has 4 atom stereocenters. The van der Waals surface area contributed by atoms with Gasteiger partial charge in [-0.2, -0.15) is 0 Å². The van der Waals surface area contributed by atoms with Crippen LogP contribution in [-0.2, 0) is 19.1 Å². The van der Waals surface area contributed by atoms with Crippen LogP contribution in [0, 0.1) is 5.92 Å². The number of hydrogen-bond acceptors (Lipinski definition) is 9. The number of rotatable bonds is 11. The topological polar surface area (TPSA) is 188 Å². The Balaban J connectivity index is 0.943. The molecule has 4 N–H and O–H groups in total. The van der Waals surface area contributed by atoms with Gasteiger partial charge in [-0.05, 0) is 72.2 Å². The normalized spacial score (nSPS) is 17.3. The third-order valence-corrected chi connectivity index (χ3v) is 11.6. The first-order valence-electron chi connectivity index (χ1n) is 20.6. The van der Waals surface area contributed by atoms with E-state index in [1.54, 1.807) is 16.0 Å². The number of hydrogen-bond donors (Lipinski definition) is 4. The van der Waals surface area contributed by atoms with Gasteiger partial charge in [-0.3, -0.25) is 14.6 Å². The van der Waals surface area contributed by atoms with Crippen molar-refractivity contribution in [1.29, 1.82) is 0 Å². The van der Waals surface area contributed by atoms with Crippen LogP contribution in [0.5, 0.6) is 0 Å². The Labute approximate surface area is 353 Å². The van der Waals surface area contributed by atoms with E-state index in [2.05, 4.69) is 55.9 Å². The molecule has 15 nitrogen and oxygen atoms in total. The molecule has 0 radical (unpaired) electrons. The number of H-pyrrole nitrogens is 2. The zero-order valence-electron chi connectivity index (χ0n) is 34.6. The van der Waals surface area contributed by atoms with Crippen molar-refractivity contribution < 1.29 is 28.7 Å². The van der Waals surface area contributed by atoms with Gasteiger partial charge in [0.2, 0.25) is 5.91 Å². The van der Waals surface area contributed by atoms with Crippen LogP contribution < -0.4 is 10.6 Å². The van der Waals surface area contributed by atoms with Crippen molar-refractivity contribution in [3.63, 3.8) is 0 Å². The summed E-state index contributed by atoms with van der Waals surface area (Å²) in [5.41, 5.74) is 5.86. The molecule has 0 spiro atoms. The Kier molecular flexibility index (Phi) is 11.8. The van der Waals surface area contributed by atoms with Crippen LogP contribution in [0.2, 0.25) is 0 Å². The number of likely N-dealkylation sites (tertiary alicyclic amines) is 2. The highest BCUT2D eigenvalue weighted by Crippen LogP contribution is 2.36. The summed E-state index contributed by atoms with van der Waals surface area (Å²) >= 11 is 0. The van der Waals surface area contributed by atoms with Crippen LogP contribution >= 0.6 is 0 Å². The van der Waals surface area contributed by atoms with Crippen LogP contribution in [0.25, 0.3) is 44.5 Å². The van der Waals surface area contributed by atoms with E-state index in [1.165, 1.54) is 14.2 Å². The number of amides is 4. The maximum atomic E-state index is 13.9. The predicted octanol–water partition coefficient (Wildman–Crippen LogP) is 7.49. The van der Waals surface area contributed by atoms with Gasteiger partial charge in [-0.25, -0.2) is 19.6 Å². The quantitative estimate of drug-likeness (QED) is 0.103. The van der Waals surface area contributed by atoms with Crippen molar-refractivity contribution in [3.05, 3.63) is 115 Å². The minimum atomic E-state index is -0.886. The molecule has 2 aliphatic heterocycles. The molecule has 15 heteroatoms. The van der Waals surface area contributed by atoms with Gasteiger partial charge in [0.25, 0.3) is 5.91 Å². The fourth-order valence-electron chi connectivity index (χ4n) is 8.38. The van der Waals surface area contributed by atoms with Gasteiger partial charge >= 0.3 is 12.2 Å². The number of pyridine rings is 1. The molecule has 0 unspecified atom stereocenters. The Morgan fingerprint density at radius 3 is 1.97 bits per heavy atom. The lowest BCUT2D eigenvalue weighted by Crippen LogP contribution is -2.51. The molecule has 2 aliphatic rings. The number of ether oxygens (including phenoxy) is 2. The molecular weight excluding hydrogens is 775 g/mol. The van der Waals surface area contributed by atoms with E-state index in [0.717, 1.165) is 70.2 Å². The van der Waals surface area contributed by atoms with Gasteiger partial charge in [0.15, 0.2) is 0 Å². The monoisotopic (exact) mass is 823 g/mol. The highest BCUT2D eigenvalue weighted by atomic mass is 16.5. The average Bonchev–Trinajstić information content (AvgIpc) is 4.14. The molecular formula is C46H49N9O6. The summed E-state index contributed by atoms with van der Waals surface area (Å²) in [5, 5.41) is 7.51. The van der Waals surface area contributed by atoms with E-state index in [1.807, 2.05) is 74.8 Å². The number of fused-ring (bicyclic) bond motifs is 1. The zero-order valence-corrected chi connectivity index (χ0v) is 34.6. The number of aromatic amines is 2. The van der Waals surface area contributed by atoms with Gasteiger partial charge in [0, 0.05) is 42.2 Å². The maximum Gasteiger partial charge on any atom is 0.407 e. The third-order valence-electron chi connectivity index (χ3n) is 11.6. The summed E-state index contributed by atoms with van der Waals surface area (Å²) in [6.45, 7) is 4.92. The summed E-state index contributed by atoms with van der Waals surface area (Å²) in [6, 6.07) is 23.5. The SMILES string of the molecule is COC(=O)N[C@H](C(=O)N1CCC[C@H]1c1ncc(-c2ccc(-c3ccc4cc(-c5c[nH]c([C@@H]6CCCN6C(=O)[C@H](NC(=O)OC)c6ccccc6)n5)ccc4c3)nc2)[nH]1)C(C)C. The van der Waals surface area contributed by atoms with E-state index in [0.29, 0.717) is 30.3 Å². The smallest absolute Gasteiger partial charge is 0.407 e. The first kappa shape index (κ1) is 40.7. The van der Waals surface area contributed by atoms with Crippen molar-refractivity contribution in [3.8, 4) is 33.8 Å². The van der Waals surface area contributed by atoms with E-state index >= 15 is 0 Å². The van der Waals surface area contributed by atoms with Gasteiger partial charge < -0.3 is 39.9 Å².